The van der Waals surface area contributed by atoms with E-state index < -0.39 is 48.9 Å². The fraction of sp³-hybridized carbons (Fsp3) is 0.360. The average molecular weight is 519 g/mol. The smallest absolute Gasteiger partial charge is 0.331 e. The number of esters is 4. The van der Waals surface area contributed by atoms with Crippen LogP contribution in [0.3, 0.4) is 0 Å². The number of ether oxygens (including phenoxy) is 4. The largest absolute Gasteiger partial charge is 0.466 e. The molecule has 0 radical (unpaired) electrons. The summed E-state index contributed by atoms with van der Waals surface area (Å²) < 4.78 is 18.8. The third-order valence-corrected chi connectivity index (χ3v) is 4.48. The van der Waals surface area contributed by atoms with Gasteiger partial charge in [-0.25, -0.2) is 19.2 Å². The van der Waals surface area contributed by atoms with Gasteiger partial charge < -0.3 is 29.2 Å². The van der Waals surface area contributed by atoms with E-state index in [4.69, 9.17) is 14.2 Å². The van der Waals surface area contributed by atoms with Crippen LogP contribution < -0.4 is 5.32 Å². The maximum absolute atomic E-state index is 12.1. The van der Waals surface area contributed by atoms with Gasteiger partial charge in [0, 0.05) is 43.9 Å². The van der Waals surface area contributed by atoms with E-state index in [1.165, 1.54) is 4.90 Å². The molecule has 0 unspecified atom stereocenters. The molecule has 0 saturated heterocycles. The number of nitrogens with one attached hydrogen (secondary N) is 1. The molecular formula is C25H30N2O10. The number of benzene rings is 1. The second kappa shape index (κ2) is 17.9. The van der Waals surface area contributed by atoms with Crippen molar-refractivity contribution in [2.24, 2.45) is 0 Å². The normalized spacial score (nSPS) is 10.5. The molecular weight excluding hydrogens is 488 g/mol. The molecule has 0 aliphatic carbocycles. The topological polar surface area (TPSA) is 155 Å². The van der Waals surface area contributed by atoms with Crippen molar-refractivity contribution in [3.05, 3.63) is 60.2 Å². The summed E-state index contributed by atoms with van der Waals surface area (Å²) in [6.45, 7) is 1.51. The minimum Gasteiger partial charge on any atom is -0.466 e. The number of amides is 2. The predicted octanol–water partition coefficient (Wildman–Crippen LogP) is 0.456. The van der Waals surface area contributed by atoms with Crippen LogP contribution in [0.25, 0.3) is 0 Å². The Kier molecular flexibility index (Phi) is 14.8. The Labute approximate surface area is 214 Å². The molecule has 0 spiro atoms. The van der Waals surface area contributed by atoms with Gasteiger partial charge in [-0.1, -0.05) is 30.3 Å². The van der Waals surface area contributed by atoms with Crippen LogP contribution in [0.4, 0.5) is 0 Å². The van der Waals surface area contributed by atoms with Crippen molar-refractivity contribution >= 4 is 35.7 Å². The highest BCUT2D eigenvalue weighted by Crippen LogP contribution is 1.98. The fourth-order valence-electron chi connectivity index (χ4n) is 2.58. The molecule has 37 heavy (non-hydrogen) atoms. The van der Waals surface area contributed by atoms with Gasteiger partial charge in [-0.2, -0.15) is 0 Å². The monoisotopic (exact) mass is 518 g/mol. The molecule has 0 aliphatic heterocycles. The van der Waals surface area contributed by atoms with Crippen molar-refractivity contribution < 1.29 is 47.7 Å². The van der Waals surface area contributed by atoms with Crippen LogP contribution in [0.1, 0.15) is 18.9 Å². The zero-order valence-corrected chi connectivity index (χ0v) is 20.7. The van der Waals surface area contributed by atoms with Gasteiger partial charge in [0.05, 0.1) is 13.7 Å². The number of carbonyl (C=O) groups is 6. The summed E-state index contributed by atoms with van der Waals surface area (Å²) in [5.74, 6) is -4.25. The van der Waals surface area contributed by atoms with Crippen LogP contribution in [0.5, 0.6) is 0 Å². The minimum atomic E-state index is -0.884. The zero-order valence-electron chi connectivity index (χ0n) is 20.7. The van der Waals surface area contributed by atoms with Crippen molar-refractivity contribution in [3.8, 4) is 0 Å². The van der Waals surface area contributed by atoms with Gasteiger partial charge in [-0.15, -0.1) is 0 Å². The van der Waals surface area contributed by atoms with Crippen LogP contribution in [-0.2, 0) is 54.3 Å². The first-order valence-electron chi connectivity index (χ1n) is 11.3. The molecule has 0 fully saturated rings. The Morgan fingerprint density at radius 1 is 0.811 bits per heavy atom. The van der Waals surface area contributed by atoms with Gasteiger partial charge in [0.1, 0.15) is 0 Å². The van der Waals surface area contributed by atoms with E-state index >= 15 is 0 Å². The maximum atomic E-state index is 12.1. The fourth-order valence-corrected chi connectivity index (χ4v) is 2.58. The Morgan fingerprint density at radius 2 is 1.38 bits per heavy atom. The molecule has 1 rings (SSSR count). The molecule has 0 atom stereocenters. The van der Waals surface area contributed by atoms with E-state index in [0.717, 1.165) is 37.0 Å². The molecule has 200 valence electrons. The van der Waals surface area contributed by atoms with Crippen molar-refractivity contribution in [1.82, 2.24) is 10.2 Å². The van der Waals surface area contributed by atoms with E-state index in [1.54, 1.807) is 6.92 Å². The Hall–Kier alpha value is -4.48. The van der Waals surface area contributed by atoms with Crippen molar-refractivity contribution in [3.63, 3.8) is 0 Å². The molecule has 12 nitrogen and oxygen atoms in total. The number of carbonyl (C=O) groups excluding carboxylic acids is 6. The molecule has 12 heteroatoms. The number of methoxy groups -OCH3 is 1. The van der Waals surface area contributed by atoms with Crippen molar-refractivity contribution in [1.29, 1.82) is 0 Å². The lowest BCUT2D eigenvalue weighted by atomic mass is 10.2. The lowest BCUT2D eigenvalue weighted by Crippen LogP contribution is -2.35. The first kappa shape index (κ1) is 30.6. The molecule has 0 heterocycles. The standard InChI is InChI=1S/C25H30N2O10/c1-3-27(21(29)18-37-25(33)11-10-22(30)34-2)14-7-15-35-23(31)12-13-24(32)36-17-20(28)26-16-19-8-5-4-6-9-19/h4-6,8-13H,3,7,14-18H2,1-2H3,(H,26,28)/b11-10+,13-12+. The summed E-state index contributed by atoms with van der Waals surface area (Å²) in [5, 5.41) is 2.60. The summed E-state index contributed by atoms with van der Waals surface area (Å²) in [6.07, 6.45) is 3.73. The highest BCUT2D eigenvalue weighted by Gasteiger charge is 2.14. The molecule has 0 saturated carbocycles. The van der Waals surface area contributed by atoms with Crippen LogP contribution in [0.2, 0.25) is 0 Å². The first-order valence-corrected chi connectivity index (χ1v) is 11.3. The first-order chi connectivity index (χ1) is 17.7. The van der Waals surface area contributed by atoms with Gasteiger partial charge in [0.25, 0.3) is 11.8 Å². The number of hydrogen-bond acceptors (Lipinski definition) is 10. The Balaban J connectivity index is 2.23. The molecule has 2 amide bonds. The number of rotatable bonds is 15. The summed E-state index contributed by atoms with van der Waals surface area (Å²) >= 11 is 0. The summed E-state index contributed by atoms with van der Waals surface area (Å²) in [5.41, 5.74) is 0.893. The lowest BCUT2D eigenvalue weighted by molar-refractivity contribution is -0.148. The van der Waals surface area contributed by atoms with Crippen molar-refractivity contribution in [2.45, 2.75) is 19.9 Å². The summed E-state index contributed by atoms with van der Waals surface area (Å²) in [4.78, 5) is 71.0. The minimum absolute atomic E-state index is 0.0362. The number of nitrogens with zero attached hydrogens (tertiary/aromatic N) is 1. The van der Waals surface area contributed by atoms with Gasteiger partial charge in [-0.05, 0) is 18.9 Å². The van der Waals surface area contributed by atoms with Crippen LogP contribution in [-0.4, -0.2) is 80.6 Å². The summed E-state index contributed by atoms with van der Waals surface area (Å²) in [6, 6.07) is 9.20. The van der Waals surface area contributed by atoms with Crippen molar-refractivity contribution in [2.75, 3.05) is 40.0 Å². The SMILES string of the molecule is CCN(CCCOC(=O)/C=C/C(=O)OCC(=O)NCc1ccccc1)C(=O)COC(=O)/C=C/C(=O)OC. The van der Waals surface area contributed by atoms with Crippen LogP contribution >= 0.6 is 0 Å². The van der Waals surface area contributed by atoms with E-state index in [9.17, 15) is 28.8 Å². The quantitative estimate of drug-likeness (QED) is 0.150. The molecule has 0 aliphatic rings. The number of likely N-dealkylation sites (N-methyl/N-ethyl adjacent to an activating group) is 1. The van der Waals surface area contributed by atoms with Gasteiger partial charge in [0.2, 0.25) is 0 Å². The molecule has 0 bridgehead atoms. The maximum Gasteiger partial charge on any atom is 0.331 e. The lowest BCUT2D eigenvalue weighted by Gasteiger charge is -2.20. The number of hydrogen-bond donors (Lipinski definition) is 1. The Morgan fingerprint density at radius 3 is 1.97 bits per heavy atom. The van der Waals surface area contributed by atoms with E-state index in [1.807, 2.05) is 30.3 Å². The van der Waals surface area contributed by atoms with E-state index in [-0.39, 0.29) is 13.2 Å². The van der Waals surface area contributed by atoms with E-state index in [0.29, 0.717) is 19.5 Å². The molecule has 1 aromatic carbocycles. The molecule has 0 aromatic heterocycles. The third kappa shape index (κ3) is 14.5. The molecule has 1 aromatic rings. The van der Waals surface area contributed by atoms with Crippen LogP contribution in [0, 0.1) is 0 Å². The third-order valence-electron chi connectivity index (χ3n) is 4.48. The average Bonchev–Trinajstić information content (AvgIpc) is 2.91. The second-order valence-corrected chi connectivity index (χ2v) is 7.16. The molecule has 1 N–H and O–H groups in total. The van der Waals surface area contributed by atoms with E-state index in [2.05, 4.69) is 10.1 Å². The predicted molar refractivity (Wildman–Crippen MR) is 128 cm³/mol. The highest BCUT2D eigenvalue weighted by molar-refractivity contribution is 5.93. The highest BCUT2D eigenvalue weighted by atomic mass is 16.5. The van der Waals surface area contributed by atoms with Gasteiger partial charge in [0.15, 0.2) is 13.2 Å². The second-order valence-electron chi connectivity index (χ2n) is 7.16. The Bertz CT molecular complexity index is 988. The van der Waals surface area contributed by atoms with Gasteiger partial charge >= 0.3 is 23.9 Å². The zero-order chi connectivity index (χ0) is 27.5. The summed E-state index contributed by atoms with van der Waals surface area (Å²) in [7, 11) is 1.15. The van der Waals surface area contributed by atoms with Gasteiger partial charge in [-0.3, -0.25) is 9.59 Å². The van der Waals surface area contributed by atoms with Crippen LogP contribution in [0.15, 0.2) is 54.6 Å².